The fourth-order valence-electron chi connectivity index (χ4n) is 4.55. The van der Waals surface area contributed by atoms with E-state index in [-0.39, 0.29) is 11.5 Å². The summed E-state index contributed by atoms with van der Waals surface area (Å²) in [7, 11) is 0. The molecule has 1 aromatic carbocycles. The largest absolute Gasteiger partial charge is 0.371 e. The van der Waals surface area contributed by atoms with Crippen molar-refractivity contribution in [3.8, 4) is 0 Å². The predicted molar refractivity (Wildman–Crippen MR) is 126 cm³/mol. The average Bonchev–Trinajstić information content (AvgIpc) is 3.29. The average molecular weight is 442 g/mol. The van der Waals surface area contributed by atoms with Gasteiger partial charge in [0.05, 0.1) is 23.8 Å². The number of amides is 1. The molecule has 0 unspecified atom stereocenters. The van der Waals surface area contributed by atoms with E-state index in [1.54, 1.807) is 11.3 Å². The lowest BCUT2D eigenvalue weighted by Crippen LogP contribution is -2.58. The number of likely N-dealkylation sites (tertiary alicyclic amines) is 1. The van der Waals surface area contributed by atoms with E-state index in [9.17, 15) is 4.79 Å². The zero-order valence-corrected chi connectivity index (χ0v) is 19.9. The summed E-state index contributed by atoms with van der Waals surface area (Å²) in [6.07, 6.45) is 4.15. The molecule has 1 amide bonds. The van der Waals surface area contributed by atoms with E-state index < -0.39 is 0 Å². The van der Waals surface area contributed by atoms with Crippen molar-refractivity contribution in [3.05, 3.63) is 51.5 Å². The first kappa shape index (κ1) is 22.4. The third-order valence-corrected chi connectivity index (χ3v) is 7.83. The van der Waals surface area contributed by atoms with E-state index in [4.69, 9.17) is 4.74 Å². The Morgan fingerprint density at radius 3 is 2.52 bits per heavy atom. The Balaban J connectivity index is 1.29. The molecule has 2 aliphatic heterocycles. The molecule has 4 rings (SSSR count). The number of aromatic nitrogens is 1. The van der Waals surface area contributed by atoms with Crippen LogP contribution >= 0.6 is 11.3 Å². The molecule has 5 nitrogen and oxygen atoms in total. The number of aryl methyl sites for hydroxylation is 1. The van der Waals surface area contributed by atoms with E-state index >= 15 is 0 Å². The van der Waals surface area contributed by atoms with Gasteiger partial charge in [0.25, 0.3) is 5.91 Å². The molecule has 2 fully saturated rings. The van der Waals surface area contributed by atoms with Gasteiger partial charge in [-0.15, -0.1) is 11.3 Å². The molecule has 2 aromatic rings. The second-order valence-electron chi connectivity index (χ2n) is 9.25. The van der Waals surface area contributed by atoms with Crippen molar-refractivity contribution >= 4 is 17.2 Å². The van der Waals surface area contributed by atoms with Crippen LogP contribution in [0.25, 0.3) is 0 Å². The van der Waals surface area contributed by atoms with E-state index in [1.165, 1.54) is 11.1 Å². The lowest BCUT2D eigenvalue weighted by atomic mass is 9.89. The maximum atomic E-state index is 13.0. The lowest BCUT2D eigenvalue weighted by molar-refractivity contribution is -0.127. The van der Waals surface area contributed by atoms with Crippen molar-refractivity contribution in [2.75, 3.05) is 39.3 Å². The van der Waals surface area contributed by atoms with Crippen LogP contribution in [0, 0.1) is 0 Å². The highest BCUT2D eigenvalue weighted by molar-refractivity contribution is 7.09. The van der Waals surface area contributed by atoms with Crippen LogP contribution in [0.15, 0.2) is 29.6 Å². The smallest absolute Gasteiger partial charge is 0.273 e. The molecule has 0 saturated carbocycles. The molecule has 2 saturated heterocycles. The van der Waals surface area contributed by atoms with Gasteiger partial charge in [0, 0.05) is 37.5 Å². The van der Waals surface area contributed by atoms with Crippen LogP contribution in [0.4, 0.5) is 0 Å². The number of rotatable bonds is 6. The number of ether oxygens (including phenoxy) is 1. The van der Waals surface area contributed by atoms with Crippen molar-refractivity contribution in [1.82, 2.24) is 14.8 Å². The Kier molecular flexibility index (Phi) is 7.09. The van der Waals surface area contributed by atoms with Gasteiger partial charge in [-0.3, -0.25) is 4.79 Å². The minimum atomic E-state index is -0.190. The predicted octanol–water partition coefficient (Wildman–Crippen LogP) is 4.38. The standard InChI is InChI=1S/C25H35N3O2S/c1-4-20-5-7-21(8-6-20)9-12-27-13-10-25(11-14-27)18-28(15-16-30-25)24(29)22-17-31-23(26-22)19(2)3/h5-8,17,19H,4,9-16,18H2,1-3H3. The van der Waals surface area contributed by atoms with Gasteiger partial charge < -0.3 is 14.5 Å². The minimum absolute atomic E-state index is 0.0591. The number of benzene rings is 1. The van der Waals surface area contributed by atoms with E-state index in [0.717, 1.165) is 50.3 Å². The van der Waals surface area contributed by atoms with Gasteiger partial charge in [0.2, 0.25) is 0 Å². The Morgan fingerprint density at radius 1 is 1.16 bits per heavy atom. The molecule has 168 valence electrons. The fraction of sp³-hybridized carbons (Fsp3) is 0.600. The van der Waals surface area contributed by atoms with Crippen LogP contribution in [0.2, 0.25) is 0 Å². The van der Waals surface area contributed by atoms with Crippen molar-refractivity contribution in [2.45, 2.75) is 58.0 Å². The zero-order chi connectivity index (χ0) is 21.8. The Morgan fingerprint density at radius 2 is 1.87 bits per heavy atom. The van der Waals surface area contributed by atoms with Gasteiger partial charge in [0.15, 0.2) is 0 Å². The Bertz CT molecular complexity index is 869. The molecular formula is C25H35N3O2S. The summed E-state index contributed by atoms with van der Waals surface area (Å²) in [5.41, 5.74) is 3.21. The molecule has 1 spiro atoms. The maximum Gasteiger partial charge on any atom is 0.273 e. The van der Waals surface area contributed by atoms with Crippen LogP contribution in [0.1, 0.15) is 66.2 Å². The van der Waals surface area contributed by atoms with Gasteiger partial charge in [-0.1, -0.05) is 45.0 Å². The van der Waals surface area contributed by atoms with Crippen molar-refractivity contribution < 1.29 is 9.53 Å². The van der Waals surface area contributed by atoms with E-state index in [0.29, 0.717) is 31.3 Å². The van der Waals surface area contributed by atoms with Crippen LogP contribution < -0.4 is 0 Å². The van der Waals surface area contributed by atoms with E-state index in [2.05, 4.69) is 54.9 Å². The molecule has 2 aliphatic rings. The molecule has 0 radical (unpaired) electrons. The molecule has 0 bridgehead atoms. The van der Waals surface area contributed by atoms with E-state index in [1.807, 2.05) is 10.3 Å². The number of piperidine rings is 1. The quantitative estimate of drug-likeness (QED) is 0.667. The van der Waals surface area contributed by atoms with Crippen LogP contribution in [0.3, 0.4) is 0 Å². The van der Waals surface area contributed by atoms with Crippen molar-refractivity contribution in [2.24, 2.45) is 0 Å². The molecule has 0 atom stereocenters. The molecule has 0 aliphatic carbocycles. The Hall–Kier alpha value is -1.76. The highest BCUT2D eigenvalue weighted by Gasteiger charge is 2.41. The first-order valence-electron chi connectivity index (χ1n) is 11.7. The maximum absolute atomic E-state index is 13.0. The van der Waals surface area contributed by atoms with Crippen molar-refractivity contribution in [3.63, 3.8) is 0 Å². The lowest BCUT2D eigenvalue weighted by Gasteiger charge is -2.47. The highest BCUT2D eigenvalue weighted by atomic mass is 32.1. The molecule has 0 N–H and O–H groups in total. The first-order valence-corrected chi connectivity index (χ1v) is 12.5. The fourth-order valence-corrected chi connectivity index (χ4v) is 5.36. The number of thiazole rings is 1. The molecule has 1 aromatic heterocycles. The van der Waals surface area contributed by atoms with Gasteiger partial charge >= 0.3 is 0 Å². The van der Waals surface area contributed by atoms with Crippen LogP contribution in [-0.4, -0.2) is 65.6 Å². The molecular weight excluding hydrogens is 406 g/mol. The SMILES string of the molecule is CCc1ccc(CCN2CCC3(CC2)CN(C(=O)c2csc(C(C)C)n2)CCO3)cc1. The third kappa shape index (κ3) is 5.36. The number of hydrogen-bond donors (Lipinski definition) is 0. The minimum Gasteiger partial charge on any atom is -0.371 e. The van der Waals surface area contributed by atoms with Gasteiger partial charge in [-0.2, -0.15) is 0 Å². The summed E-state index contributed by atoms with van der Waals surface area (Å²) in [4.78, 5) is 22.1. The molecule has 3 heterocycles. The van der Waals surface area contributed by atoms with Crippen LogP contribution in [0.5, 0.6) is 0 Å². The van der Waals surface area contributed by atoms with Crippen molar-refractivity contribution in [1.29, 1.82) is 0 Å². The highest BCUT2D eigenvalue weighted by Crippen LogP contribution is 2.31. The third-order valence-electron chi connectivity index (χ3n) is 6.69. The number of nitrogens with zero attached hydrogens (tertiary/aromatic N) is 3. The summed E-state index contributed by atoms with van der Waals surface area (Å²) < 4.78 is 6.26. The number of carbonyl (C=O) groups excluding carboxylic acids is 1. The molecule has 6 heteroatoms. The summed E-state index contributed by atoms with van der Waals surface area (Å²) >= 11 is 1.59. The van der Waals surface area contributed by atoms with Gasteiger partial charge in [0.1, 0.15) is 5.69 Å². The number of morpholine rings is 1. The zero-order valence-electron chi connectivity index (χ0n) is 19.1. The number of hydrogen-bond acceptors (Lipinski definition) is 5. The van der Waals surface area contributed by atoms with Gasteiger partial charge in [-0.25, -0.2) is 4.98 Å². The first-order chi connectivity index (χ1) is 15.0. The van der Waals surface area contributed by atoms with Crippen LogP contribution in [-0.2, 0) is 17.6 Å². The Labute approximate surface area is 190 Å². The molecule has 31 heavy (non-hydrogen) atoms. The second-order valence-corrected chi connectivity index (χ2v) is 10.1. The second kappa shape index (κ2) is 9.80. The summed E-state index contributed by atoms with van der Waals surface area (Å²) in [5, 5.41) is 2.94. The summed E-state index contributed by atoms with van der Waals surface area (Å²) in [5.74, 6) is 0.417. The van der Waals surface area contributed by atoms with Gasteiger partial charge in [-0.05, 0) is 36.8 Å². The summed E-state index contributed by atoms with van der Waals surface area (Å²) in [6.45, 7) is 11.5. The monoisotopic (exact) mass is 441 g/mol. The normalized spacial score (nSPS) is 19.3. The number of carbonyl (C=O) groups is 1. The summed E-state index contributed by atoms with van der Waals surface area (Å²) in [6, 6.07) is 9.02. The topological polar surface area (TPSA) is 45.7 Å².